The first-order chi connectivity index (χ1) is 14.3. The lowest BCUT2D eigenvalue weighted by molar-refractivity contribution is -0.141. The number of halogens is 4. The molecular formula is C20H23ClF3N5O. The van der Waals surface area contributed by atoms with Crippen molar-refractivity contribution in [2.45, 2.75) is 25.1 Å². The summed E-state index contributed by atoms with van der Waals surface area (Å²) in [5.74, 6) is -0.470. The molecule has 1 aromatic heterocycles. The molecular weight excluding hydrogens is 419 g/mol. The summed E-state index contributed by atoms with van der Waals surface area (Å²) in [6.07, 6.45) is -2.51. The van der Waals surface area contributed by atoms with Crippen LogP contribution in [0.15, 0.2) is 30.3 Å². The molecule has 2 aromatic rings. The second-order valence-electron chi connectivity index (χ2n) is 7.59. The third kappa shape index (κ3) is 4.33. The third-order valence-corrected chi connectivity index (χ3v) is 6.05. The van der Waals surface area contributed by atoms with Gasteiger partial charge < -0.3 is 10.2 Å². The molecule has 1 aromatic carbocycles. The van der Waals surface area contributed by atoms with E-state index in [1.54, 1.807) is 29.2 Å². The Hall–Kier alpha value is -2.10. The Morgan fingerprint density at radius 1 is 1.10 bits per heavy atom. The minimum atomic E-state index is -4.66. The first-order valence-electron chi connectivity index (χ1n) is 10.0. The van der Waals surface area contributed by atoms with Crippen LogP contribution in [-0.2, 0) is 6.18 Å². The minimum Gasteiger partial charge on any atom is -0.335 e. The number of nitrogens with one attached hydrogen (secondary N) is 1. The van der Waals surface area contributed by atoms with Crippen molar-refractivity contribution in [2.24, 2.45) is 0 Å². The molecule has 1 N–H and O–H groups in total. The highest BCUT2D eigenvalue weighted by atomic mass is 35.5. The topological polar surface area (TPSA) is 53.4 Å². The van der Waals surface area contributed by atoms with Crippen LogP contribution in [-0.4, -0.2) is 70.8 Å². The van der Waals surface area contributed by atoms with Crippen molar-refractivity contribution in [3.63, 3.8) is 0 Å². The van der Waals surface area contributed by atoms with Gasteiger partial charge in [-0.3, -0.25) is 9.69 Å². The minimum absolute atomic E-state index is 0.134. The molecule has 0 atom stereocenters. The zero-order valence-corrected chi connectivity index (χ0v) is 17.1. The number of para-hydroxylation sites is 1. The smallest absolute Gasteiger partial charge is 0.335 e. The Morgan fingerprint density at radius 3 is 2.40 bits per heavy atom. The Kier molecular flexibility index (Phi) is 6.04. The predicted octanol–water partition coefficient (Wildman–Crippen LogP) is 3.05. The van der Waals surface area contributed by atoms with Gasteiger partial charge in [0.1, 0.15) is 5.69 Å². The molecule has 0 bridgehead atoms. The van der Waals surface area contributed by atoms with Crippen LogP contribution in [0.3, 0.4) is 0 Å². The van der Waals surface area contributed by atoms with Crippen molar-refractivity contribution < 1.29 is 18.0 Å². The maximum Gasteiger partial charge on any atom is 0.435 e. The standard InChI is InChI=1S/C20H23ClF3N5O/c21-15-3-1-2-4-16(15)29-17(13-18(26-29)20(22,23)24)19(30)28-11-9-27(10-12-28)14-5-7-25-8-6-14/h1-4,13-14,25H,5-12H2. The fourth-order valence-corrected chi connectivity index (χ4v) is 4.32. The molecule has 30 heavy (non-hydrogen) atoms. The average Bonchev–Trinajstić information content (AvgIpc) is 3.20. The van der Waals surface area contributed by atoms with Crippen LogP contribution >= 0.6 is 11.6 Å². The number of piperazine rings is 1. The second kappa shape index (κ2) is 8.56. The summed E-state index contributed by atoms with van der Waals surface area (Å²) in [5, 5.41) is 7.22. The molecule has 2 aliphatic heterocycles. The lowest BCUT2D eigenvalue weighted by Crippen LogP contribution is -2.54. The van der Waals surface area contributed by atoms with Crippen LogP contribution < -0.4 is 5.32 Å². The summed E-state index contributed by atoms with van der Waals surface area (Å²) in [5.41, 5.74) is -1.00. The maximum absolute atomic E-state index is 13.3. The van der Waals surface area contributed by atoms with E-state index in [9.17, 15) is 18.0 Å². The van der Waals surface area contributed by atoms with E-state index in [4.69, 9.17) is 11.6 Å². The lowest BCUT2D eigenvalue weighted by atomic mass is 10.0. The van der Waals surface area contributed by atoms with Gasteiger partial charge >= 0.3 is 6.18 Å². The van der Waals surface area contributed by atoms with Gasteiger partial charge in [0, 0.05) is 38.3 Å². The van der Waals surface area contributed by atoms with Gasteiger partial charge in [-0.1, -0.05) is 23.7 Å². The molecule has 2 saturated heterocycles. The van der Waals surface area contributed by atoms with Crippen molar-refractivity contribution >= 4 is 17.5 Å². The van der Waals surface area contributed by atoms with Crippen molar-refractivity contribution in [1.82, 2.24) is 24.9 Å². The van der Waals surface area contributed by atoms with E-state index in [1.165, 1.54) is 0 Å². The van der Waals surface area contributed by atoms with Crippen molar-refractivity contribution in [3.05, 3.63) is 46.7 Å². The van der Waals surface area contributed by atoms with Crippen molar-refractivity contribution in [2.75, 3.05) is 39.3 Å². The Balaban J connectivity index is 1.56. The normalized spacial score (nSPS) is 19.3. The maximum atomic E-state index is 13.3. The SMILES string of the molecule is O=C(c1cc(C(F)(F)F)nn1-c1ccccc1Cl)N1CCN(C2CCNCC2)CC1. The van der Waals surface area contributed by atoms with E-state index in [0.717, 1.165) is 36.7 Å². The van der Waals surface area contributed by atoms with Gasteiger partial charge in [0.05, 0.1) is 10.7 Å². The van der Waals surface area contributed by atoms with E-state index in [2.05, 4.69) is 15.3 Å². The van der Waals surface area contributed by atoms with Gasteiger partial charge in [-0.05, 0) is 38.1 Å². The van der Waals surface area contributed by atoms with Crippen LogP contribution in [0.25, 0.3) is 5.69 Å². The first kappa shape index (κ1) is 21.1. The Bertz CT molecular complexity index is 902. The molecule has 0 aliphatic carbocycles. The Morgan fingerprint density at radius 2 is 1.77 bits per heavy atom. The van der Waals surface area contributed by atoms with Crippen molar-refractivity contribution in [1.29, 1.82) is 0 Å². The molecule has 0 saturated carbocycles. The average molecular weight is 442 g/mol. The van der Waals surface area contributed by atoms with Gasteiger partial charge in [0.25, 0.3) is 5.91 Å². The number of amides is 1. The molecule has 3 heterocycles. The second-order valence-corrected chi connectivity index (χ2v) is 7.99. The highest BCUT2D eigenvalue weighted by molar-refractivity contribution is 6.32. The van der Waals surface area contributed by atoms with Crippen LogP contribution in [0.4, 0.5) is 13.2 Å². The monoisotopic (exact) mass is 441 g/mol. The summed E-state index contributed by atoms with van der Waals surface area (Å²) in [4.78, 5) is 17.1. The summed E-state index contributed by atoms with van der Waals surface area (Å²) in [7, 11) is 0. The highest BCUT2D eigenvalue weighted by Crippen LogP contribution is 2.31. The number of nitrogens with zero attached hydrogens (tertiary/aromatic N) is 4. The number of hydrogen-bond donors (Lipinski definition) is 1. The molecule has 2 aliphatic rings. The van der Waals surface area contributed by atoms with Crippen LogP contribution in [0.5, 0.6) is 0 Å². The van der Waals surface area contributed by atoms with Gasteiger partial charge in [0.2, 0.25) is 0 Å². The molecule has 162 valence electrons. The van der Waals surface area contributed by atoms with E-state index < -0.39 is 17.8 Å². The predicted molar refractivity (Wildman–Crippen MR) is 107 cm³/mol. The first-order valence-corrected chi connectivity index (χ1v) is 10.4. The quantitative estimate of drug-likeness (QED) is 0.795. The van der Waals surface area contributed by atoms with Crippen LogP contribution in [0, 0.1) is 0 Å². The summed E-state index contributed by atoms with van der Waals surface area (Å²) >= 11 is 6.17. The number of benzene rings is 1. The van der Waals surface area contributed by atoms with Crippen LogP contribution in [0.1, 0.15) is 29.0 Å². The number of carbonyl (C=O) groups excluding carboxylic acids is 1. The lowest BCUT2D eigenvalue weighted by Gasteiger charge is -2.40. The molecule has 10 heteroatoms. The molecule has 0 spiro atoms. The Labute approximate surface area is 177 Å². The summed E-state index contributed by atoms with van der Waals surface area (Å²) in [6, 6.07) is 7.71. The number of hydrogen-bond acceptors (Lipinski definition) is 4. The van der Waals surface area contributed by atoms with E-state index in [1.807, 2.05) is 0 Å². The fourth-order valence-electron chi connectivity index (χ4n) is 4.10. The van der Waals surface area contributed by atoms with E-state index in [-0.39, 0.29) is 16.4 Å². The van der Waals surface area contributed by atoms with Gasteiger partial charge in [-0.15, -0.1) is 0 Å². The fraction of sp³-hybridized carbons (Fsp3) is 0.500. The van der Waals surface area contributed by atoms with E-state index >= 15 is 0 Å². The zero-order chi connectivity index (χ0) is 21.3. The third-order valence-electron chi connectivity index (χ3n) is 5.73. The van der Waals surface area contributed by atoms with Gasteiger partial charge in [-0.25, -0.2) is 4.68 Å². The van der Waals surface area contributed by atoms with Gasteiger partial charge in [0.15, 0.2) is 5.69 Å². The molecule has 6 nitrogen and oxygen atoms in total. The molecule has 0 radical (unpaired) electrons. The van der Waals surface area contributed by atoms with Crippen LogP contribution in [0.2, 0.25) is 5.02 Å². The van der Waals surface area contributed by atoms with Crippen molar-refractivity contribution in [3.8, 4) is 5.69 Å². The molecule has 4 rings (SSSR count). The zero-order valence-electron chi connectivity index (χ0n) is 16.3. The summed E-state index contributed by atoms with van der Waals surface area (Å²) in [6.45, 7) is 4.34. The number of rotatable bonds is 3. The number of aromatic nitrogens is 2. The largest absolute Gasteiger partial charge is 0.435 e. The number of piperidine rings is 1. The molecule has 0 unspecified atom stereocenters. The number of carbonyl (C=O) groups is 1. The highest BCUT2D eigenvalue weighted by Gasteiger charge is 2.37. The molecule has 2 fully saturated rings. The summed E-state index contributed by atoms with van der Waals surface area (Å²) < 4.78 is 41.0. The van der Waals surface area contributed by atoms with E-state index in [0.29, 0.717) is 32.2 Å². The molecule has 1 amide bonds. The van der Waals surface area contributed by atoms with Gasteiger partial charge in [-0.2, -0.15) is 18.3 Å². The number of alkyl halides is 3.